The molecule has 7 nitrogen and oxygen atoms in total. The first-order chi connectivity index (χ1) is 18.0. The van der Waals surface area contributed by atoms with Gasteiger partial charge in [0.2, 0.25) is 0 Å². The van der Waals surface area contributed by atoms with Gasteiger partial charge in [0, 0.05) is 31.2 Å². The predicted octanol–water partition coefficient (Wildman–Crippen LogP) is 6.96. The topological polar surface area (TPSA) is 91.3 Å². The van der Waals surface area contributed by atoms with Crippen LogP contribution < -0.4 is 0 Å². The molecule has 0 saturated heterocycles. The van der Waals surface area contributed by atoms with E-state index in [1.54, 1.807) is 36.8 Å². The van der Waals surface area contributed by atoms with Crippen molar-refractivity contribution in [2.24, 2.45) is 0 Å². The van der Waals surface area contributed by atoms with Gasteiger partial charge >= 0.3 is 11.9 Å². The minimum Gasteiger partial charge on any atom is -0.465 e. The summed E-state index contributed by atoms with van der Waals surface area (Å²) >= 11 is 6.37. The van der Waals surface area contributed by atoms with E-state index in [-0.39, 0.29) is 11.9 Å². The summed E-state index contributed by atoms with van der Waals surface area (Å²) in [5, 5.41) is 0. The van der Waals surface area contributed by atoms with Crippen LogP contribution in [0.1, 0.15) is 45.8 Å². The SMILES string of the molecule is Brc1ccccn1.CC.COC(=O)c1cccnc1Cc1ccccc1.COC(=O)c1ccncc1Br. The molecule has 4 rings (SSSR count). The second-order valence-electron chi connectivity index (χ2n) is 6.65. The summed E-state index contributed by atoms with van der Waals surface area (Å²) in [5.74, 6) is -0.705. The number of carbonyl (C=O) groups is 2. The van der Waals surface area contributed by atoms with E-state index in [2.05, 4.69) is 51.5 Å². The van der Waals surface area contributed by atoms with Crippen molar-refractivity contribution in [2.45, 2.75) is 20.3 Å². The molecule has 0 spiro atoms. The Morgan fingerprint density at radius 2 is 1.35 bits per heavy atom. The van der Waals surface area contributed by atoms with Gasteiger partial charge in [0.05, 0.1) is 35.5 Å². The molecular formula is C28H29Br2N3O4. The summed E-state index contributed by atoms with van der Waals surface area (Å²) in [6, 6.07) is 20.7. The maximum absolute atomic E-state index is 11.6. The quantitative estimate of drug-likeness (QED) is 0.178. The number of halogens is 2. The normalized spacial score (nSPS) is 9.14. The highest BCUT2D eigenvalue weighted by atomic mass is 79.9. The van der Waals surface area contributed by atoms with Crippen molar-refractivity contribution in [2.75, 3.05) is 14.2 Å². The third-order valence-electron chi connectivity index (χ3n) is 4.32. The number of hydrogen-bond acceptors (Lipinski definition) is 7. The zero-order valence-electron chi connectivity index (χ0n) is 21.1. The predicted molar refractivity (Wildman–Crippen MR) is 151 cm³/mol. The van der Waals surface area contributed by atoms with Crippen molar-refractivity contribution in [1.82, 2.24) is 15.0 Å². The Bertz CT molecular complexity index is 1210. The van der Waals surface area contributed by atoms with E-state index < -0.39 is 0 Å². The highest BCUT2D eigenvalue weighted by Crippen LogP contribution is 2.15. The number of carbonyl (C=O) groups excluding carboxylic acids is 2. The maximum atomic E-state index is 11.6. The van der Waals surface area contributed by atoms with E-state index in [1.807, 2.05) is 62.4 Å². The third kappa shape index (κ3) is 11.9. The van der Waals surface area contributed by atoms with Crippen LogP contribution in [-0.4, -0.2) is 41.1 Å². The first-order valence-electron chi connectivity index (χ1n) is 11.3. The highest BCUT2D eigenvalue weighted by molar-refractivity contribution is 9.10. The number of methoxy groups -OCH3 is 2. The number of benzene rings is 1. The summed E-state index contributed by atoms with van der Waals surface area (Å²) in [6.07, 6.45) is 7.14. The third-order valence-corrected chi connectivity index (χ3v) is 5.42. The molecule has 3 heterocycles. The summed E-state index contributed by atoms with van der Waals surface area (Å²) in [7, 11) is 2.72. The monoisotopic (exact) mass is 629 g/mol. The van der Waals surface area contributed by atoms with Crippen molar-refractivity contribution in [3.05, 3.63) is 123 Å². The first kappa shape index (κ1) is 31.6. The number of ether oxygens (including phenoxy) is 2. The zero-order chi connectivity index (χ0) is 27.5. The van der Waals surface area contributed by atoms with E-state index in [4.69, 9.17) is 4.74 Å². The van der Waals surface area contributed by atoms with Gasteiger partial charge in [0.15, 0.2) is 0 Å². The largest absolute Gasteiger partial charge is 0.465 e. The van der Waals surface area contributed by atoms with Crippen LogP contribution >= 0.6 is 31.9 Å². The van der Waals surface area contributed by atoms with Gasteiger partial charge < -0.3 is 9.47 Å². The molecular weight excluding hydrogens is 602 g/mol. The van der Waals surface area contributed by atoms with Crippen molar-refractivity contribution >= 4 is 43.8 Å². The van der Waals surface area contributed by atoms with E-state index in [9.17, 15) is 9.59 Å². The summed E-state index contributed by atoms with van der Waals surface area (Å²) in [4.78, 5) is 34.5. The number of rotatable bonds is 4. The number of nitrogens with zero attached hydrogens (tertiary/aromatic N) is 3. The van der Waals surface area contributed by atoms with E-state index in [0.717, 1.165) is 15.9 Å². The molecule has 0 saturated carbocycles. The van der Waals surface area contributed by atoms with E-state index in [0.29, 0.717) is 22.0 Å². The van der Waals surface area contributed by atoms with Gasteiger partial charge in [-0.2, -0.15) is 0 Å². The fourth-order valence-electron chi connectivity index (χ4n) is 2.66. The van der Waals surface area contributed by atoms with Gasteiger partial charge in [-0.05, 0) is 67.8 Å². The zero-order valence-corrected chi connectivity index (χ0v) is 24.3. The number of aromatic nitrogens is 3. The molecule has 37 heavy (non-hydrogen) atoms. The van der Waals surface area contributed by atoms with Gasteiger partial charge in [0.25, 0.3) is 0 Å². The standard InChI is InChI=1S/C14H13NO2.C7H6BrNO2.C5H4BrN.C2H6/c1-17-14(16)12-8-5-9-15-13(12)10-11-6-3-2-4-7-11;1-11-7(10)5-2-3-9-4-6(5)8;6-5-3-1-2-4-7-5;1-2/h2-9H,10H2,1H3;2-4H,1H3;1-4H;1-2H3. The van der Waals surface area contributed by atoms with Crippen LogP contribution in [0.2, 0.25) is 0 Å². The second-order valence-corrected chi connectivity index (χ2v) is 8.32. The molecule has 0 N–H and O–H groups in total. The lowest BCUT2D eigenvalue weighted by molar-refractivity contribution is 0.0590. The van der Waals surface area contributed by atoms with Gasteiger partial charge in [-0.3, -0.25) is 9.97 Å². The molecule has 0 unspecified atom stereocenters. The summed E-state index contributed by atoms with van der Waals surface area (Å²) in [6.45, 7) is 4.00. The summed E-state index contributed by atoms with van der Waals surface area (Å²) in [5.41, 5.74) is 2.88. The molecule has 9 heteroatoms. The Labute approximate surface area is 234 Å². The maximum Gasteiger partial charge on any atom is 0.339 e. The molecule has 0 fully saturated rings. The van der Waals surface area contributed by atoms with Gasteiger partial charge in [0.1, 0.15) is 4.60 Å². The fourth-order valence-corrected chi connectivity index (χ4v) is 3.34. The van der Waals surface area contributed by atoms with Gasteiger partial charge in [-0.1, -0.05) is 50.2 Å². The molecule has 4 aromatic rings. The molecule has 0 amide bonds. The molecule has 0 atom stereocenters. The number of hydrogen-bond donors (Lipinski definition) is 0. The fraction of sp³-hybridized carbons (Fsp3) is 0.179. The molecule has 194 valence electrons. The smallest absolute Gasteiger partial charge is 0.339 e. The Morgan fingerprint density at radius 1 is 0.730 bits per heavy atom. The van der Waals surface area contributed by atoms with Crippen LogP contribution in [0.4, 0.5) is 0 Å². The Hall–Kier alpha value is -3.43. The molecule has 0 radical (unpaired) electrons. The lowest BCUT2D eigenvalue weighted by Crippen LogP contribution is -2.07. The lowest BCUT2D eigenvalue weighted by atomic mass is 10.1. The van der Waals surface area contributed by atoms with Crippen LogP contribution in [0, 0.1) is 0 Å². The molecule has 0 aliphatic carbocycles. The lowest BCUT2D eigenvalue weighted by Gasteiger charge is -2.06. The van der Waals surface area contributed by atoms with Crippen molar-refractivity contribution in [3.63, 3.8) is 0 Å². The minimum atomic E-state index is -0.362. The number of esters is 2. The molecule has 3 aromatic heterocycles. The second kappa shape index (κ2) is 18.8. The molecule has 0 bridgehead atoms. The molecule has 1 aromatic carbocycles. The van der Waals surface area contributed by atoms with Crippen LogP contribution in [0.25, 0.3) is 0 Å². The highest BCUT2D eigenvalue weighted by Gasteiger charge is 2.12. The Kier molecular flexibility index (Phi) is 16.0. The van der Waals surface area contributed by atoms with Gasteiger partial charge in [-0.25, -0.2) is 14.6 Å². The summed E-state index contributed by atoms with van der Waals surface area (Å²) < 4.78 is 10.8. The Balaban J connectivity index is 0.000000293. The average Bonchev–Trinajstić information content (AvgIpc) is 2.95. The van der Waals surface area contributed by atoms with Crippen molar-refractivity contribution in [3.8, 4) is 0 Å². The molecule has 0 aliphatic rings. The number of pyridine rings is 3. The van der Waals surface area contributed by atoms with Crippen LogP contribution in [-0.2, 0) is 15.9 Å². The average molecular weight is 631 g/mol. The van der Waals surface area contributed by atoms with Gasteiger partial charge in [-0.15, -0.1) is 0 Å². The van der Waals surface area contributed by atoms with Crippen molar-refractivity contribution < 1.29 is 19.1 Å². The van der Waals surface area contributed by atoms with Crippen LogP contribution in [0.15, 0.2) is 101 Å². The first-order valence-corrected chi connectivity index (χ1v) is 12.8. The Morgan fingerprint density at radius 3 is 1.89 bits per heavy atom. The van der Waals surface area contributed by atoms with Crippen molar-refractivity contribution in [1.29, 1.82) is 0 Å². The minimum absolute atomic E-state index is 0.343. The van der Waals surface area contributed by atoms with Crippen LogP contribution in [0.5, 0.6) is 0 Å². The van der Waals surface area contributed by atoms with E-state index in [1.165, 1.54) is 20.4 Å². The molecule has 0 aliphatic heterocycles. The van der Waals surface area contributed by atoms with E-state index >= 15 is 0 Å². The van der Waals surface area contributed by atoms with Crippen LogP contribution in [0.3, 0.4) is 0 Å².